The summed E-state index contributed by atoms with van der Waals surface area (Å²) in [6.45, 7) is 0. The van der Waals surface area contributed by atoms with Gasteiger partial charge in [-0.1, -0.05) is 0 Å². The van der Waals surface area contributed by atoms with Crippen LogP contribution in [0.25, 0.3) is 0 Å². The van der Waals surface area contributed by atoms with Crippen LogP contribution in [0, 0.1) is 11.3 Å². The highest BCUT2D eigenvalue weighted by Crippen LogP contribution is 2.23. The molecule has 0 bridgehead atoms. The van der Waals surface area contributed by atoms with Crippen molar-refractivity contribution in [3.8, 4) is 6.07 Å². The standard InChI is InChI=1S/C3H3F3N2O2S/c4-3(5,6)2(1-7)11(8,9)10/h2H,(H2,8,9,10). The molecular formula is C3H3F3N2O2S. The lowest BCUT2D eigenvalue weighted by Crippen LogP contribution is -2.39. The largest absolute Gasteiger partial charge is 0.419 e. The van der Waals surface area contributed by atoms with E-state index in [1.165, 1.54) is 0 Å². The first-order valence-corrected chi connectivity index (χ1v) is 3.78. The molecule has 0 aliphatic carbocycles. The Morgan fingerprint density at radius 2 is 1.82 bits per heavy atom. The van der Waals surface area contributed by atoms with Gasteiger partial charge in [0.1, 0.15) is 0 Å². The van der Waals surface area contributed by atoms with Crippen LogP contribution in [0.4, 0.5) is 13.2 Å². The summed E-state index contributed by atoms with van der Waals surface area (Å²) in [4.78, 5) is 0. The minimum absolute atomic E-state index is 0.544. The lowest BCUT2D eigenvalue weighted by Gasteiger charge is -2.09. The zero-order chi connectivity index (χ0) is 9.28. The molecule has 1 atom stereocenters. The summed E-state index contributed by atoms with van der Waals surface area (Å²) >= 11 is 0. The number of sulfonamides is 1. The van der Waals surface area contributed by atoms with Gasteiger partial charge in [0.25, 0.3) is 5.25 Å². The molecule has 0 fully saturated rings. The second-order valence-corrected chi connectivity index (χ2v) is 3.29. The molecular weight excluding hydrogens is 185 g/mol. The van der Waals surface area contributed by atoms with Crippen molar-refractivity contribution in [2.75, 3.05) is 0 Å². The van der Waals surface area contributed by atoms with E-state index in [9.17, 15) is 21.6 Å². The zero-order valence-corrected chi connectivity index (χ0v) is 5.78. The fraction of sp³-hybridized carbons (Fsp3) is 0.667. The van der Waals surface area contributed by atoms with Gasteiger partial charge in [-0.15, -0.1) is 0 Å². The quantitative estimate of drug-likeness (QED) is 0.614. The monoisotopic (exact) mass is 188 g/mol. The van der Waals surface area contributed by atoms with Gasteiger partial charge in [-0.2, -0.15) is 18.4 Å². The van der Waals surface area contributed by atoms with Crippen LogP contribution >= 0.6 is 0 Å². The Bertz CT molecular complexity index is 274. The van der Waals surface area contributed by atoms with E-state index in [0.717, 1.165) is 0 Å². The molecule has 0 radical (unpaired) electrons. The maximum Gasteiger partial charge on any atom is 0.419 e. The van der Waals surface area contributed by atoms with E-state index in [1.54, 1.807) is 0 Å². The van der Waals surface area contributed by atoms with E-state index in [-0.39, 0.29) is 0 Å². The second-order valence-electron chi connectivity index (χ2n) is 1.64. The van der Waals surface area contributed by atoms with Crippen molar-refractivity contribution in [3.63, 3.8) is 0 Å². The Hall–Kier alpha value is -0.810. The van der Waals surface area contributed by atoms with Crippen LogP contribution in [0.3, 0.4) is 0 Å². The number of rotatable bonds is 1. The number of nitrogens with zero attached hydrogens (tertiary/aromatic N) is 1. The molecule has 0 aliphatic heterocycles. The number of alkyl halides is 3. The molecule has 11 heavy (non-hydrogen) atoms. The molecule has 0 amide bonds. The highest BCUT2D eigenvalue weighted by atomic mass is 32.2. The molecule has 0 aromatic heterocycles. The summed E-state index contributed by atoms with van der Waals surface area (Å²) in [5.74, 6) is 0. The van der Waals surface area contributed by atoms with Crippen LogP contribution in [-0.2, 0) is 10.0 Å². The minimum Gasteiger partial charge on any atom is -0.227 e. The number of nitrogens with two attached hydrogens (primary N) is 1. The number of hydrogen-bond donors (Lipinski definition) is 1. The summed E-state index contributed by atoms with van der Waals surface area (Å²) in [5.41, 5.74) is 0. The van der Waals surface area contributed by atoms with Crippen molar-refractivity contribution in [3.05, 3.63) is 0 Å². The average molecular weight is 188 g/mol. The van der Waals surface area contributed by atoms with E-state index in [4.69, 9.17) is 5.26 Å². The predicted octanol–water partition coefficient (Wildman–Crippen LogP) is -0.271. The maximum atomic E-state index is 11.5. The van der Waals surface area contributed by atoms with Crippen LogP contribution in [0.15, 0.2) is 0 Å². The molecule has 64 valence electrons. The molecule has 0 aromatic carbocycles. The molecule has 1 unspecified atom stereocenters. The maximum absolute atomic E-state index is 11.5. The van der Waals surface area contributed by atoms with Crippen LogP contribution < -0.4 is 5.14 Å². The number of primary sulfonamides is 1. The molecule has 4 nitrogen and oxygen atoms in total. The summed E-state index contributed by atoms with van der Waals surface area (Å²) in [6.07, 6.45) is -5.12. The van der Waals surface area contributed by atoms with Crippen molar-refractivity contribution >= 4 is 10.0 Å². The molecule has 0 spiro atoms. The Labute approximate surface area is 60.5 Å². The smallest absolute Gasteiger partial charge is 0.227 e. The van der Waals surface area contributed by atoms with E-state index in [0.29, 0.717) is 6.07 Å². The molecule has 0 rings (SSSR count). The second kappa shape index (κ2) is 2.67. The van der Waals surface area contributed by atoms with Crippen molar-refractivity contribution in [1.29, 1.82) is 5.26 Å². The van der Waals surface area contributed by atoms with Gasteiger partial charge in [-0.3, -0.25) is 0 Å². The number of halogens is 3. The number of hydrogen-bond acceptors (Lipinski definition) is 3. The van der Waals surface area contributed by atoms with Crippen molar-refractivity contribution in [1.82, 2.24) is 0 Å². The van der Waals surface area contributed by atoms with Gasteiger partial charge < -0.3 is 0 Å². The Kier molecular flexibility index (Phi) is 2.47. The van der Waals surface area contributed by atoms with Gasteiger partial charge in [0, 0.05) is 0 Å². The lowest BCUT2D eigenvalue weighted by molar-refractivity contribution is -0.120. The first-order chi connectivity index (χ1) is 4.69. The lowest BCUT2D eigenvalue weighted by atomic mass is 10.5. The number of nitriles is 1. The van der Waals surface area contributed by atoms with Gasteiger partial charge in [0.05, 0.1) is 6.07 Å². The topological polar surface area (TPSA) is 83.9 Å². The third kappa shape index (κ3) is 2.73. The fourth-order valence-corrected chi connectivity index (χ4v) is 0.852. The van der Waals surface area contributed by atoms with Crippen molar-refractivity contribution in [2.45, 2.75) is 11.4 Å². The van der Waals surface area contributed by atoms with Crippen molar-refractivity contribution in [2.24, 2.45) is 5.14 Å². The van der Waals surface area contributed by atoms with Crippen molar-refractivity contribution < 1.29 is 21.6 Å². The molecule has 0 saturated heterocycles. The first-order valence-electron chi connectivity index (χ1n) is 2.17. The van der Waals surface area contributed by atoms with Gasteiger partial charge in [-0.05, 0) is 0 Å². The van der Waals surface area contributed by atoms with Crippen LogP contribution in [0.5, 0.6) is 0 Å². The fourth-order valence-electron chi connectivity index (χ4n) is 0.333. The SMILES string of the molecule is N#CC(C(F)(F)F)S(N)(=O)=O. The average Bonchev–Trinajstić information content (AvgIpc) is 1.56. The highest BCUT2D eigenvalue weighted by molar-refractivity contribution is 7.90. The van der Waals surface area contributed by atoms with Gasteiger partial charge in [-0.25, -0.2) is 13.6 Å². The zero-order valence-electron chi connectivity index (χ0n) is 4.96. The molecule has 0 aromatic rings. The van der Waals surface area contributed by atoms with E-state index >= 15 is 0 Å². The van der Waals surface area contributed by atoms with Crippen LogP contribution in [0.1, 0.15) is 0 Å². The van der Waals surface area contributed by atoms with Gasteiger partial charge in [0.2, 0.25) is 10.0 Å². The minimum atomic E-state index is -5.12. The Morgan fingerprint density at radius 1 is 1.45 bits per heavy atom. The summed E-state index contributed by atoms with van der Waals surface area (Å²) in [7, 11) is -4.86. The molecule has 0 saturated carbocycles. The Morgan fingerprint density at radius 3 is 1.82 bits per heavy atom. The third-order valence-electron chi connectivity index (χ3n) is 0.743. The van der Waals surface area contributed by atoms with Gasteiger partial charge in [0.15, 0.2) is 0 Å². The first kappa shape index (κ1) is 10.2. The Balaban J connectivity index is 4.92. The van der Waals surface area contributed by atoms with E-state index in [1.807, 2.05) is 0 Å². The summed E-state index contributed by atoms with van der Waals surface area (Å²) in [5, 5.41) is 8.74. The van der Waals surface area contributed by atoms with Gasteiger partial charge >= 0.3 is 6.18 Å². The molecule has 0 heterocycles. The highest BCUT2D eigenvalue weighted by Gasteiger charge is 2.47. The summed E-state index contributed by atoms with van der Waals surface area (Å²) in [6, 6.07) is 0.544. The van der Waals surface area contributed by atoms with E-state index in [2.05, 4.69) is 5.14 Å². The third-order valence-corrected chi connectivity index (χ3v) is 1.77. The molecule has 2 N–H and O–H groups in total. The van der Waals surface area contributed by atoms with Crippen LogP contribution in [-0.4, -0.2) is 19.8 Å². The summed E-state index contributed by atoms with van der Waals surface area (Å²) < 4.78 is 54.7. The van der Waals surface area contributed by atoms with E-state index < -0.39 is 21.4 Å². The van der Waals surface area contributed by atoms with Crippen LogP contribution in [0.2, 0.25) is 0 Å². The molecule has 0 aliphatic rings. The normalized spacial score (nSPS) is 15.5. The predicted molar refractivity (Wildman–Crippen MR) is 28.6 cm³/mol. The molecule has 8 heteroatoms.